The second-order valence-electron chi connectivity index (χ2n) is 15.1. The van der Waals surface area contributed by atoms with Gasteiger partial charge in [0.25, 0.3) is 0 Å². The Labute approximate surface area is 329 Å². The van der Waals surface area contributed by atoms with Crippen LogP contribution in [-0.4, -0.2) is 9.55 Å². The highest BCUT2D eigenvalue weighted by Crippen LogP contribution is 2.45. The van der Waals surface area contributed by atoms with E-state index in [1.807, 2.05) is 0 Å². The van der Waals surface area contributed by atoms with Gasteiger partial charge < -0.3 is 0 Å². The summed E-state index contributed by atoms with van der Waals surface area (Å²) >= 11 is 0. The fourth-order valence-electron chi connectivity index (χ4n) is 9.36. The Bertz CT molecular complexity index is 3520. The third-order valence-electron chi connectivity index (χ3n) is 11.9. The van der Waals surface area contributed by atoms with Crippen LogP contribution in [0.2, 0.25) is 0 Å². The molecule has 0 N–H and O–H groups in total. The minimum atomic E-state index is 0.938. The number of rotatable bonds is 4. The molecule has 12 aromatic rings. The van der Waals surface area contributed by atoms with Crippen molar-refractivity contribution in [3.05, 3.63) is 206 Å². The largest absolute Gasteiger partial charge is 0.292 e. The van der Waals surface area contributed by atoms with E-state index in [2.05, 4.69) is 211 Å². The van der Waals surface area contributed by atoms with E-state index in [0.717, 1.165) is 28.1 Å². The molecule has 0 aliphatic carbocycles. The summed E-state index contributed by atoms with van der Waals surface area (Å²) in [4.78, 5) is 5.44. The average Bonchev–Trinajstić information content (AvgIpc) is 3.69. The number of nitrogens with zero attached hydrogens (tertiary/aromatic N) is 2. The molecule has 1 heterocycles. The van der Waals surface area contributed by atoms with E-state index >= 15 is 0 Å². The summed E-state index contributed by atoms with van der Waals surface area (Å²) in [5.41, 5.74) is 9.32. The van der Waals surface area contributed by atoms with Crippen molar-refractivity contribution in [3.8, 4) is 39.3 Å². The number of fused-ring (bicyclic) bond motifs is 10. The van der Waals surface area contributed by atoms with Crippen LogP contribution < -0.4 is 0 Å². The first-order valence-electron chi connectivity index (χ1n) is 19.6. The van der Waals surface area contributed by atoms with Crippen molar-refractivity contribution < 1.29 is 0 Å². The standard InChI is InChI=1S/C55H34N2/c1-2-15-36(16-3-1)55-56-53-49-24-12-6-18-43(49)44-19-7-13-25-50(44)54(53)57(55)42-31-30-38-33-41(29-27-39(38)34-42)52-47-22-10-8-20-45(47)51(46-21-9-11-23-48(46)52)40-28-26-35-14-4-5-17-37(35)32-40/h1-34H. The summed E-state index contributed by atoms with van der Waals surface area (Å²) < 4.78 is 2.37. The summed E-state index contributed by atoms with van der Waals surface area (Å²) in [6, 6.07) is 75.2. The quantitative estimate of drug-likeness (QED) is 0.131. The number of hydrogen-bond acceptors (Lipinski definition) is 1. The summed E-state index contributed by atoms with van der Waals surface area (Å²) in [6.45, 7) is 0. The van der Waals surface area contributed by atoms with E-state index < -0.39 is 0 Å². The molecule has 0 aliphatic heterocycles. The molecule has 0 atom stereocenters. The van der Waals surface area contributed by atoms with E-state index in [-0.39, 0.29) is 0 Å². The van der Waals surface area contributed by atoms with E-state index in [0.29, 0.717) is 0 Å². The summed E-state index contributed by atoms with van der Waals surface area (Å²) in [5, 5.41) is 14.7. The van der Waals surface area contributed by atoms with Crippen molar-refractivity contribution in [2.45, 2.75) is 0 Å². The van der Waals surface area contributed by atoms with Gasteiger partial charge in [0, 0.05) is 22.0 Å². The molecule has 0 aliphatic rings. The molecule has 0 radical (unpaired) electrons. The van der Waals surface area contributed by atoms with Gasteiger partial charge in [0.1, 0.15) is 5.82 Å². The predicted molar refractivity (Wildman–Crippen MR) is 242 cm³/mol. The first-order chi connectivity index (χ1) is 28.3. The van der Waals surface area contributed by atoms with Gasteiger partial charge in [-0.05, 0) is 100 Å². The zero-order chi connectivity index (χ0) is 37.5. The van der Waals surface area contributed by atoms with Gasteiger partial charge in [-0.1, -0.05) is 182 Å². The normalized spacial score (nSPS) is 11.9. The van der Waals surface area contributed by atoms with E-state index in [1.165, 1.54) is 86.9 Å². The molecule has 0 amide bonds. The van der Waals surface area contributed by atoms with Gasteiger partial charge in [-0.25, -0.2) is 4.98 Å². The lowest BCUT2D eigenvalue weighted by Gasteiger charge is -2.18. The molecule has 0 bridgehead atoms. The fourth-order valence-corrected chi connectivity index (χ4v) is 9.36. The smallest absolute Gasteiger partial charge is 0.145 e. The van der Waals surface area contributed by atoms with Crippen LogP contribution in [0.15, 0.2) is 206 Å². The zero-order valence-electron chi connectivity index (χ0n) is 31.0. The summed E-state index contributed by atoms with van der Waals surface area (Å²) in [6.07, 6.45) is 0. The molecule has 12 rings (SSSR count). The number of imidazole rings is 1. The van der Waals surface area contributed by atoms with Crippen LogP contribution in [-0.2, 0) is 0 Å². The lowest BCUT2D eigenvalue weighted by Crippen LogP contribution is -1.98. The van der Waals surface area contributed by atoms with E-state index in [9.17, 15) is 0 Å². The minimum Gasteiger partial charge on any atom is -0.292 e. The van der Waals surface area contributed by atoms with Crippen LogP contribution in [0.4, 0.5) is 0 Å². The van der Waals surface area contributed by atoms with Crippen LogP contribution in [0.25, 0.3) is 115 Å². The first-order valence-corrected chi connectivity index (χ1v) is 19.6. The van der Waals surface area contributed by atoms with Crippen molar-refractivity contribution >= 4 is 75.7 Å². The molecule has 264 valence electrons. The highest BCUT2D eigenvalue weighted by molar-refractivity contribution is 6.25. The highest BCUT2D eigenvalue weighted by Gasteiger charge is 2.21. The molecule has 2 nitrogen and oxygen atoms in total. The third-order valence-corrected chi connectivity index (χ3v) is 11.9. The molecule has 2 heteroatoms. The Morgan fingerprint density at radius 1 is 0.298 bits per heavy atom. The SMILES string of the molecule is c1ccc(-c2nc3c4ccccc4c4ccccc4c3n2-c2ccc3cc(-c4c5ccccc5c(-c5ccc6ccccc6c5)c5ccccc45)ccc3c2)cc1. The number of hydrogen-bond donors (Lipinski definition) is 0. The Kier molecular flexibility index (Phi) is 6.96. The van der Waals surface area contributed by atoms with Crippen LogP contribution in [0.1, 0.15) is 0 Å². The van der Waals surface area contributed by atoms with Gasteiger partial charge in [0.05, 0.1) is 11.0 Å². The molecule has 1 aromatic heterocycles. The average molecular weight is 723 g/mol. The molecule has 0 unspecified atom stereocenters. The lowest BCUT2D eigenvalue weighted by atomic mass is 9.85. The minimum absolute atomic E-state index is 0.938. The summed E-state index contributed by atoms with van der Waals surface area (Å²) in [5.74, 6) is 0.938. The van der Waals surface area contributed by atoms with Crippen LogP contribution in [0, 0.1) is 0 Å². The van der Waals surface area contributed by atoms with Gasteiger partial charge in [-0.15, -0.1) is 0 Å². The molecule has 57 heavy (non-hydrogen) atoms. The second-order valence-corrected chi connectivity index (χ2v) is 15.1. The predicted octanol–water partition coefficient (Wildman–Crippen LogP) is 14.9. The van der Waals surface area contributed by atoms with Crippen LogP contribution in [0.3, 0.4) is 0 Å². The van der Waals surface area contributed by atoms with E-state index in [1.54, 1.807) is 0 Å². The topological polar surface area (TPSA) is 17.8 Å². The molecule has 0 fully saturated rings. The maximum Gasteiger partial charge on any atom is 0.145 e. The monoisotopic (exact) mass is 722 g/mol. The summed E-state index contributed by atoms with van der Waals surface area (Å²) in [7, 11) is 0. The highest BCUT2D eigenvalue weighted by atomic mass is 15.1. The number of benzene rings is 11. The van der Waals surface area contributed by atoms with Crippen molar-refractivity contribution in [1.82, 2.24) is 9.55 Å². The maximum absolute atomic E-state index is 5.44. The lowest BCUT2D eigenvalue weighted by molar-refractivity contribution is 1.11. The van der Waals surface area contributed by atoms with Crippen LogP contribution in [0.5, 0.6) is 0 Å². The fraction of sp³-hybridized carbons (Fsp3) is 0. The van der Waals surface area contributed by atoms with Crippen molar-refractivity contribution in [2.75, 3.05) is 0 Å². The van der Waals surface area contributed by atoms with Gasteiger partial charge in [0.2, 0.25) is 0 Å². The third kappa shape index (κ3) is 4.87. The van der Waals surface area contributed by atoms with Gasteiger partial charge in [-0.2, -0.15) is 0 Å². The molecule has 0 saturated carbocycles. The van der Waals surface area contributed by atoms with E-state index in [4.69, 9.17) is 4.98 Å². The Morgan fingerprint density at radius 3 is 1.37 bits per heavy atom. The zero-order valence-corrected chi connectivity index (χ0v) is 31.0. The van der Waals surface area contributed by atoms with Crippen molar-refractivity contribution in [2.24, 2.45) is 0 Å². The van der Waals surface area contributed by atoms with Gasteiger partial charge >= 0.3 is 0 Å². The first kappa shape index (κ1) is 31.8. The number of aromatic nitrogens is 2. The second kappa shape index (κ2) is 12.5. The Morgan fingerprint density at radius 2 is 0.737 bits per heavy atom. The van der Waals surface area contributed by atoms with Crippen LogP contribution >= 0.6 is 0 Å². The molecule has 0 spiro atoms. The maximum atomic E-state index is 5.44. The van der Waals surface area contributed by atoms with Crippen molar-refractivity contribution in [3.63, 3.8) is 0 Å². The Balaban J connectivity index is 1.07. The molecule has 11 aromatic carbocycles. The molecular weight excluding hydrogens is 689 g/mol. The molecule has 0 saturated heterocycles. The molecular formula is C55H34N2. The van der Waals surface area contributed by atoms with Gasteiger partial charge in [0.15, 0.2) is 0 Å². The Hall–Kier alpha value is -7.55. The van der Waals surface area contributed by atoms with Gasteiger partial charge in [-0.3, -0.25) is 4.57 Å². The van der Waals surface area contributed by atoms with Crippen molar-refractivity contribution in [1.29, 1.82) is 0 Å².